The van der Waals surface area contributed by atoms with Crippen LogP contribution in [0.4, 0.5) is 11.4 Å². The van der Waals surface area contributed by atoms with Crippen LogP contribution in [-0.4, -0.2) is 23.1 Å². The summed E-state index contributed by atoms with van der Waals surface area (Å²) in [5, 5.41) is 15.0. The molecule has 0 aliphatic heterocycles. The number of carbonyl (C=O) groups excluding carboxylic acids is 2. The molecule has 0 radical (unpaired) electrons. The van der Waals surface area contributed by atoms with Crippen molar-refractivity contribution in [2.75, 3.05) is 17.2 Å². The molecular formula is C19H20N4O4S. The fraction of sp³-hybridized carbons (Fsp3) is 0.263. The Morgan fingerprint density at radius 3 is 2.43 bits per heavy atom. The van der Waals surface area contributed by atoms with Gasteiger partial charge in [-0.25, -0.2) is 4.79 Å². The summed E-state index contributed by atoms with van der Waals surface area (Å²) in [4.78, 5) is 35.7. The van der Waals surface area contributed by atoms with Gasteiger partial charge in [-0.15, -0.1) is 11.3 Å². The molecule has 0 unspecified atom stereocenters. The molecular weight excluding hydrogens is 380 g/mol. The lowest BCUT2D eigenvalue weighted by Gasteiger charge is -2.03. The van der Waals surface area contributed by atoms with Crippen LogP contribution in [-0.2, 0) is 20.9 Å². The minimum Gasteiger partial charge on any atom is -0.462 e. The van der Waals surface area contributed by atoms with Crippen LogP contribution < -0.4 is 25.4 Å². The number of nitriles is 1. The van der Waals surface area contributed by atoms with Gasteiger partial charge in [0.1, 0.15) is 15.3 Å². The summed E-state index contributed by atoms with van der Waals surface area (Å²) >= 11 is 1.04. The molecule has 146 valence electrons. The third-order valence-corrected chi connectivity index (χ3v) is 4.73. The van der Waals surface area contributed by atoms with E-state index in [4.69, 9.17) is 4.74 Å². The van der Waals surface area contributed by atoms with Crippen molar-refractivity contribution in [2.24, 2.45) is 0 Å². The molecule has 1 heterocycles. The molecule has 0 saturated heterocycles. The highest BCUT2D eigenvalue weighted by Crippen LogP contribution is 2.13. The van der Waals surface area contributed by atoms with Crippen molar-refractivity contribution in [2.45, 2.75) is 27.3 Å². The van der Waals surface area contributed by atoms with Crippen LogP contribution in [0.2, 0.25) is 0 Å². The third kappa shape index (κ3) is 4.86. The van der Waals surface area contributed by atoms with Crippen LogP contribution in [0, 0.1) is 11.3 Å². The molecule has 0 atom stereocenters. The molecule has 1 aromatic carbocycles. The van der Waals surface area contributed by atoms with Gasteiger partial charge in [-0.2, -0.15) is 5.26 Å². The molecule has 0 saturated carbocycles. The number of rotatable bonds is 6. The number of esters is 1. The first-order valence-electron chi connectivity index (χ1n) is 8.56. The number of ether oxygens (including phenoxy) is 1. The summed E-state index contributed by atoms with van der Waals surface area (Å²) in [6.45, 7) is 5.29. The number of anilines is 2. The van der Waals surface area contributed by atoms with Gasteiger partial charge >= 0.3 is 5.97 Å². The maximum atomic E-state index is 12.6. The maximum Gasteiger partial charge on any atom is 0.351 e. The molecule has 2 aromatic rings. The van der Waals surface area contributed by atoms with Gasteiger partial charge in [-0.05, 0) is 38.1 Å². The van der Waals surface area contributed by atoms with Gasteiger partial charge in [0.05, 0.1) is 6.61 Å². The minimum absolute atomic E-state index is 0.140. The Kier molecular flexibility index (Phi) is 7.12. The van der Waals surface area contributed by atoms with Crippen LogP contribution in [0.15, 0.2) is 29.1 Å². The second-order valence-electron chi connectivity index (χ2n) is 5.58. The van der Waals surface area contributed by atoms with Gasteiger partial charge < -0.3 is 15.4 Å². The number of amides is 1. The number of hydrogen-bond acceptors (Lipinski definition) is 7. The molecule has 8 nitrogen and oxygen atoms in total. The number of carbonyl (C=O) groups is 2. The zero-order valence-electron chi connectivity index (χ0n) is 15.7. The predicted molar refractivity (Wildman–Crippen MR) is 108 cm³/mol. The second kappa shape index (κ2) is 9.53. The SMILES string of the molecule is CCOC(=O)/C(C#N)=c1\s/c(=C/Nc2ccc(NC(C)=O)cc2)c(=O)n1CC. The van der Waals surface area contributed by atoms with E-state index < -0.39 is 5.97 Å². The van der Waals surface area contributed by atoms with Crippen LogP contribution in [0.25, 0.3) is 11.8 Å². The quantitative estimate of drug-likeness (QED) is 0.699. The first-order chi connectivity index (χ1) is 13.4. The van der Waals surface area contributed by atoms with Crippen LogP contribution in [0.1, 0.15) is 20.8 Å². The molecule has 1 amide bonds. The topological polar surface area (TPSA) is 113 Å². The van der Waals surface area contributed by atoms with E-state index >= 15 is 0 Å². The van der Waals surface area contributed by atoms with Gasteiger partial charge in [0.15, 0.2) is 5.57 Å². The van der Waals surface area contributed by atoms with Crippen molar-refractivity contribution in [1.29, 1.82) is 5.26 Å². The molecule has 0 aliphatic carbocycles. The average molecular weight is 400 g/mol. The number of benzene rings is 1. The highest BCUT2D eigenvalue weighted by Gasteiger charge is 2.16. The fourth-order valence-electron chi connectivity index (χ4n) is 2.38. The summed E-state index contributed by atoms with van der Waals surface area (Å²) in [7, 11) is 0. The Morgan fingerprint density at radius 2 is 1.89 bits per heavy atom. The minimum atomic E-state index is -0.749. The first kappa shape index (κ1) is 20.9. The van der Waals surface area contributed by atoms with Gasteiger partial charge in [0.25, 0.3) is 5.56 Å². The van der Waals surface area contributed by atoms with Crippen LogP contribution >= 0.6 is 11.3 Å². The van der Waals surface area contributed by atoms with Gasteiger partial charge in [0.2, 0.25) is 5.91 Å². The lowest BCUT2D eigenvalue weighted by molar-refractivity contribution is -0.136. The highest BCUT2D eigenvalue weighted by atomic mass is 32.1. The van der Waals surface area contributed by atoms with Gasteiger partial charge in [-0.1, -0.05) is 0 Å². The van der Waals surface area contributed by atoms with Crippen molar-refractivity contribution in [3.05, 3.63) is 43.8 Å². The fourth-order valence-corrected chi connectivity index (χ4v) is 3.46. The number of nitrogens with zero attached hydrogens (tertiary/aromatic N) is 2. The largest absolute Gasteiger partial charge is 0.462 e. The summed E-state index contributed by atoms with van der Waals surface area (Å²) in [6, 6.07) is 8.79. The van der Waals surface area contributed by atoms with E-state index in [1.54, 1.807) is 38.1 Å². The standard InChI is InChI=1S/C19H20N4O4S/c1-4-23-17(25)16(28-18(23)15(10-20)19(26)27-5-2)11-21-13-6-8-14(9-7-13)22-12(3)24/h6-9,11,21H,4-5H2,1-3H3,(H,22,24)/b16-11+,18-15-. The summed E-state index contributed by atoms with van der Waals surface area (Å²) in [5.74, 6) is -0.911. The van der Waals surface area contributed by atoms with Crippen molar-refractivity contribution in [3.63, 3.8) is 0 Å². The Morgan fingerprint density at radius 1 is 1.25 bits per heavy atom. The monoisotopic (exact) mass is 400 g/mol. The second-order valence-corrected chi connectivity index (χ2v) is 6.61. The smallest absolute Gasteiger partial charge is 0.351 e. The van der Waals surface area contributed by atoms with E-state index in [0.717, 1.165) is 11.3 Å². The van der Waals surface area contributed by atoms with E-state index in [-0.39, 0.29) is 28.3 Å². The van der Waals surface area contributed by atoms with Gasteiger partial charge in [-0.3, -0.25) is 14.2 Å². The lowest BCUT2D eigenvalue weighted by Crippen LogP contribution is -2.32. The van der Waals surface area contributed by atoms with E-state index in [9.17, 15) is 19.6 Å². The number of hydrogen-bond donors (Lipinski definition) is 2. The summed E-state index contributed by atoms with van der Waals surface area (Å²) in [5.41, 5.74) is 0.876. The predicted octanol–water partition coefficient (Wildman–Crippen LogP) is 0.976. The van der Waals surface area contributed by atoms with E-state index in [0.29, 0.717) is 22.5 Å². The Balaban J connectivity index is 2.43. The first-order valence-corrected chi connectivity index (χ1v) is 9.38. The summed E-state index contributed by atoms with van der Waals surface area (Å²) in [6.07, 6.45) is 1.52. The molecule has 28 heavy (non-hydrogen) atoms. The van der Waals surface area contributed by atoms with E-state index in [1.165, 1.54) is 17.7 Å². The maximum absolute atomic E-state index is 12.6. The molecule has 0 fully saturated rings. The van der Waals surface area contributed by atoms with Gasteiger partial charge in [0, 0.05) is 31.0 Å². The molecule has 2 rings (SSSR count). The molecule has 9 heteroatoms. The molecule has 2 N–H and O–H groups in total. The number of aromatic nitrogens is 1. The zero-order chi connectivity index (χ0) is 20.7. The molecule has 1 aromatic heterocycles. The van der Waals surface area contributed by atoms with Crippen LogP contribution in [0.5, 0.6) is 0 Å². The summed E-state index contributed by atoms with van der Waals surface area (Å²) < 4.78 is 6.88. The highest BCUT2D eigenvalue weighted by molar-refractivity contribution is 7.07. The Labute approximate surface area is 165 Å². The zero-order valence-corrected chi connectivity index (χ0v) is 16.6. The van der Waals surface area contributed by atoms with Crippen molar-refractivity contribution >= 4 is 46.4 Å². The molecule has 0 spiro atoms. The number of nitrogens with one attached hydrogen (secondary N) is 2. The lowest BCUT2D eigenvalue weighted by atomic mass is 10.3. The third-order valence-electron chi connectivity index (χ3n) is 3.60. The van der Waals surface area contributed by atoms with E-state index in [2.05, 4.69) is 10.6 Å². The molecule has 0 aliphatic rings. The van der Waals surface area contributed by atoms with E-state index in [1.807, 2.05) is 6.07 Å². The molecule has 0 bridgehead atoms. The Bertz CT molecular complexity index is 1090. The van der Waals surface area contributed by atoms with Crippen LogP contribution in [0.3, 0.4) is 0 Å². The van der Waals surface area contributed by atoms with Crippen molar-refractivity contribution < 1.29 is 14.3 Å². The Hall–Kier alpha value is -3.38. The van der Waals surface area contributed by atoms with Crippen molar-refractivity contribution in [3.8, 4) is 6.07 Å². The average Bonchev–Trinajstić information content (AvgIpc) is 2.97. The number of thiazole rings is 1. The normalized spacial score (nSPS) is 12.1. The van der Waals surface area contributed by atoms with Crippen molar-refractivity contribution in [1.82, 2.24) is 4.57 Å².